The molecule has 0 bridgehead atoms. The summed E-state index contributed by atoms with van der Waals surface area (Å²) < 4.78 is 5.05. The van der Waals surface area contributed by atoms with Crippen LogP contribution in [0, 0.1) is 0 Å². The van der Waals surface area contributed by atoms with Gasteiger partial charge in [0.15, 0.2) is 0 Å². The van der Waals surface area contributed by atoms with E-state index in [9.17, 15) is 9.90 Å². The number of carbonyl (C=O) groups is 1. The minimum Gasteiger partial charge on any atom is -0.497 e. The summed E-state index contributed by atoms with van der Waals surface area (Å²) in [6.45, 7) is 3.24. The summed E-state index contributed by atoms with van der Waals surface area (Å²) in [7, 11) is 1.60. The van der Waals surface area contributed by atoms with E-state index < -0.39 is 6.10 Å². The van der Waals surface area contributed by atoms with Crippen molar-refractivity contribution in [3.63, 3.8) is 0 Å². The van der Waals surface area contributed by atoms with Crippen molar-refractivity contribution < 1.29 is 14.6 Å². The van der Waals surface area contributed by atoms with Crippen LogP contribution in [-0.4, -0.2) is 37.8 Å². The second-order valence-corrected chi connectivity index (χ2v) is 4.27. The molecular weight excluding hydrogens is 244 g/mol. The van der Waals surface area contributed by atoms with Crippen molar-refractivity contribution in [3.05, 3.63) is 29.8 Å². The molecule has 0 radical (unpaired) electrons. The summed E-state index contributed by atoms with van der Waals surface area (Å²) in [6, 6.07) is 7.21. The van der Waals surface area contributed by atoms with Crippen LogP contribution in [0.3, 0.4) is 0 Å². The Bertz CT molecular complexity index is 379. The van der Waals surface area contributed by atoms with E-state index in [1.54, 1.807) is 19.2 Å². The zero-order valence-corrected chi connectivity index (χ0v) is 11.5. The number of carbonyl (C=O) groups excluding carboxylic acids is 1. The van der Waals surface area contributed by atoms with Crippen molar-refractivity contribution in [2.24, 2.45) is 0 Å². The van der Waals surface area contributed by atoms with Gasteiger partial charge in [-0.15, -0.1) is 0 Å². The van der Waals surface area contributed by atoms with E-state index >= 15 is 0 Å². The van der Waals surface area contributed by atoms with E-state index in [-0.39, 0.29) is 12.5 Å². The molecule has 0 aliphatic rings. The van der Waals surface area contributed by atoms with Gasteiger partial charge in [-0.3, -0.25) is 4.79 Å². The third-order valence-corrected chi connectivity index (χ3v) is 2.70. The van der Waals surface area contributed by atoms with E-state index in [4.69, 9.17) is 4.74 Å². The number of aliphatic hydroxyl groups is 1. The van der Waals surface area contributed by atoms with Crippen molar-refractivity contribution in [2.45, 2.75) is 19.4 Å². The van der Waals surface area contributed by atoms with E-state index in [0.717, 1.165) is 17.7 Å². The van der Waals surface area contributed by atoms with Crippen LogP contribution in [0.1, 0.15) is 25.0 Å². The van der Waals surface area contributed by atoms with Crippen LogP contribution >= 0.6 is 0 Å². The number of aliphatic hydroxyl groups excluding tert-OH is 1. The number of hydrogen-bond acceptors (Lipinski definition) is 4. The molecule has 0 heterocycles. The highest BCUT2D eigenvalue weighted by Gasteiger charge is 2.08. The first-order valence-corrected chi connectivity index (χ1v) is 6.46. The van der Waals surface area contributed by atoms with Gasteiger partial charge in [0.1, 0.15) is 5.75 Å². The Balaban J connectivity index is 2.30. The Morgan fingerprint density at radius 1 is 1.37 bits per heavy atom. The zero-order valence-electron chi connectivity index (χ0n) is 11.5. The summed E-state index contributed by atoms with van der Waals surface area (Å²) in [5, 5.41) is 15.6. The molecule has 0 saturated heterocycles. The lowest BCUT2D eigenvalue weighted by atomic mass is 10.1. The Labute approximate surface area is 114 Å². The average molecular weight is 266 g/mol. The number of ether oxygens (including phenoxy) is 1. The lowest BCUT2D eigenvalue weighted by Gasteiger charge is -2.12. The van der Waals surface area contributed by atoms with Crippen LogP contribution in [0.25, 0.3) is 0 Å². The second kappa shape index (κ2) is 8.50. The smallest absolute Gasteiger partial charge is 0.233 e. The number of nitrogens with one attached hydrogen (secondary N) is 2. The van der Waals surface area contributed by atoms with Gasteiger partial charge in [0, 0.05) is 13.1 Å². The van der Waals surface area contributed by atoms with Gasteiger partial charge in [0.2, 0.25) is 5.91 Å². The van der Waals surface area contributed by atoms with Crippen molar-refractivity contribution in [2.75, 3.05) is 26.7 Å². The number of amides is 1. The van der Waals surface area contributed by atoms with Crippen molar-refractivity contribution in [1.29, 1.82) is 0 Å². The standard InChI is InChI=1S/C14H22N2O3/c1-3-8-16-14(18)10-15-9-13(17)11-4-6-12(19-2)7-5-11/h4-7,13,15,17H,3,8-10H2,1-2H3,(H,16,18). The van der Waals surface area contributed by atoms with Crippen LogP contribution in [0.5, 0.6) is 5.75 Å². The molecule has 106 valence electrons. The fourth-order valence-electron chi connectivity index (χ4n) is 1.59. The minimum absolute atomic E-state index is 0.0521. The minimum atomic E-state index is -0.634. The topological polar surface area (TPSA) is 70.6 Å². The molecule has 0 aliphatic heterocycles. The Morgan fingerprint density at radius 3 is 2.63 bits per heavy atom. The molecule has 1 amide bonds. The summed E-state index contributed by atoms with van der Waals surface area (Å²) in [4.78, 5) is 11.3. The van der Waals surface area contributed by atoms with Crippen LogP contribution in [-0.2, 0) is 4.79 Å². The molecule has 0 aromatic heterocycles. The number of benzene rings is 1. The number of methoxy groups -OCH3 is 1. The highest BCUT2D eigenvalue weighted by molar-refractivity contribution is 5.77. The molecule has 0 spiro atoms. The maximum absolute atomic E-state index is 11.3. The third kappa shape index (κ3) is 5.72. The molecule has 5 heteroatoms. The van der Waals surface area contributed by atoms with Gasteiger partial charge in [0.25, 0.3) is 0 Å². The summed E-state index contributed by atoms with van der Waals surface area (Å²) in [5.74, 6) is 0.701. The first-order valence-electron chi connectivity index (χ1n) is 6.46. The molecule has 1 aromatic carbocycles. The third-order valence-electron chi connectivity index (χ3n) is 2.70. The molecule has 1 unspecified atom stereocenters. The van der Waals surface area contributed by atoms with Gasteiger partial charge in [-0.2, -0.15) is 0 Å². The first-order chi connectivity index (χ1) is 9.17. The van der Waals surface area contributed by atoms with Crippen LogP contribution < -0.4 is 15.4 Å². The largest absolute Gasteiger partial charge is 0.497 e. The second-order valence-electron chi connectivity index (χ2n) is 4.27. The van der Waals surface area contributed by atoms with Gasteiger partial charge >= 0.3 is 0 Å². The maximum atomic E-state index is 11.3. The number of hydrogen-bond donors (Lipinski definition) is 3. The summed E-state index contributed by atoms with van der Waals surface area (Å²) >= 11 is 0. The lowest BCUT2D eigenvalue weighted by molar-refractivity contribution is -0.120. The number of rotatable bonds is 8. The summed E-state index contributed by atoms with van der Waals surface area (Å²) in [5.41, 5.74) is 0.794. The van der Waals surface area contributed by atoms with Crippen LogP contribution in [0.2, 0.25) is 0 Å². The van der Waals surface area contributed by atoms with Crippen LogP contribution in [0.4, 0.5) is 0 Å². The molecule has 1 aromatic rings. The monoisotopic (exact) mass is 266 g/mol. The molecule has 0 aliphatic carbocycles. The van der Waals surface area contributed by atoms with Crippen molar-refractivity contribution in [1.82, 2.24) is 10.6 Å². The molecule has 19 heavy (non-hydrogen) atoms. The highest BCUT2D eigenvalue weighted by atomic mass is 16.5. The van der Waals surface area contributed by atoms with Crippen molar-refractivity contribution in [3.8, 4) is 5.75 Å². The van der Waals surface area contributed by atoms with E-state index in [0.29, 0.717) is 13.1 Å². The zero-order chi connectivity index (χ0) is 14.1. The maximum Gasteiger partial charge on any atom is 0.233 e. The first kappa shape index (κ1) is 15.5. The SMILES string of the molecule is CCCNC(=O)CNCC(O)c1ccc(OC)cc1. The Kier molecular flexibility index (Phi) is 6.92. The fourth-order valence-corrected chi connectivity index (χ4v) is 1.59. The van der Waals surface area contributed by atoms with Gasteiger partial charge in [-0.05, 0) is 24.1 Å². The molecule has 0 fully saturated rings. The molecular formula is C14H22N2O3. The van der Waals surface area contributed by atoms with Crippen molar-refractivity contribution >= 4 is 5.91 Å². The predicted octanol–water partition coefficient (Wildman–Crippen LogP) is 0.844. The van der Waals surface area contributed by atoms with Gasteiger partial charge in [0.05, 0.1) is 19.8 Å². The van der Waals surface area contributed by atoms with Gasteiger partial charge in [-0.25, -0.2) is 0 Å². The predicted molar refractivity (Wildman–Crippen MR) is 74.1 cm³/mol. The highest BCUT2D eigenvalue weighted by Crippen LogP contribution is 2.16. The molecule has 1 atom stereocenters. The van der Waals surface area contributed by atoms with Gasteiger partial charge in [-0.1, -0.05) is 19.1 Å². The fraction of sp³-hybridized carbons (Fsp3) is 0.500. The van der Waals surface area contributed by atoms with Crippen LogP contribution in [0.15, 0.2) is 24.3 Å². The van der Waals surface area contributed by atoms with E-state index in [1.807, 2.05) is 19.1 Å². The van der Waals surface area contributed by atoms with Gasteiger partial charge < -0.3 is 20.5 Å². The molecule has 5 nitrogen and oxygen atoms in total. The molecule has 3 N–H and O–H groups in total. The molecule has 1 rings (SSSR count). The Hall–Kier alpha value is -1.59. The normalized spacial score (nSPS) is 11.9. The molecule has 0 saturated carbocycles. The lowest BCUT2D eigenvalue weighted by Crippen LogP contribution is -2.35. The average Bonchev–Trinajstić information content (AvgIpc) is 2.45. The summed E-state index contributed by atoms with van der Waals surface area (Å²) in [6.07, 6.45) is 0.283. The van der Waals surface area contributed by atoms with E-state index in [1.165, 1.54) is 0 Å². The quantitative estimate of drug-likeness (QED) is 0.652. The van der Waals surface area contributed by atoms with E-state index in [2.05, 4.69) is 10.6 Å². The Morgan fingerprint density at radius 2 is 2.05 bits per heavy atom.